The van der Waals surface area contributed by atoms with Gasteiger partial charge >= 0.3 is 0 Å². The number of imide groups is 1. The fourth-order valence-corrected chi connectivity index (χ4v) is 4.97. The number of amides is 3. The van der Waals surface area contributed by atoms with E-state index in [-0.39, 0.29) is 23.8 Å². The van der Waals surface area contributed by atoms with Crippen molar-refractivity contribution < 1.29 is 19.7 Å². The van der Waals surface area contributed by atoms with Crippen LogP contribution in [0, 0.1) is 18.8 Å². The standard InChI is InChI=1S/C19H23N3O3/c1-9-7-6-8-11-14(9)20-17(25)19(11)13-12(10(2)21-19)15(23)22(16(13)24)18(3,4)5/h6-8,10,12-13,21H,1-5H3,(H,20,25)/p+1/t10-,12+,13-,19+/m0/s1. The van der Waals surface area contributed by atoms with Crippen LogP contribution < -0.4 is 10.6 Å². The number of nitrogens with zero attached hydrogens (tertiary/aromatic N) is 1. The molecule has 25 heavy (non-hydrogen) atoms. The summed E-state index contributed by atoms with van der Waals surface area (Å²) in [6, 6.07) is 5.62. The Morgan fingerprint density at radius 3 is 2.48 bits per heavy atom. The number of nitrogens with one attached hydrogen (secondary N) is 1. The van der Waals surface area contributed by atoms with E-state index in [1.807, 2.05) is 58.1 Å². The van der Waals surface area contributed by atoms with E-state index in [0.717, 1.165) is 16.8 Å². The van der Waals surface area contributed by atoms with Crippen LogP contribution in [-0.4, -0.2) is 34.2 Å². The van der Waals surface area contributed by atoms with E-state index in [1.54, 1.807) is 0 Å². The molecule has 2 saturated heterocycles. The van der Waals surface area contributed by atoms with Crippen molar-refractivity contribution in [1.82, 2.24) is 4.90 Å². The second-order valence-corrected chi connectivity index (χ2v) is 8.53. The number of hydrogen-bond acceptors (Lipinski definition) is 3. The summed E-state index contributed by atoms with van der Waals surface area (Å²) in [7, 11) is 0. The van der Waals surface area contributed by atoms with E-state index < -0.39 is 22.9 Å². The molecule has 132 valence electrons. The van der Waals surface area contributed by atoms with E-state index >= 15 is 0 Å². The van der Waals surface area contributed by atoms with Gasteiger partial charge in [0.25, 0.3) is 5.91 Å². The second kappa shape index (κ2) is 4.69. The summed E-state index contributed by atoms with van der Waals surface area (Å²) in [5, 5.41) is 4.90. The van der Waals surface area contributed by atoms with Gasteiger partial charge in [-0.1, -0.05) is 18.2 Å². The maximum Gasteiger partial charge on any atom is 0.291 e. The molecule has 3 aliphatic heterocycles. The van der Waals surface area contributed by atoms with Crippen molar-refractivity contribution in [3.8, 4) is 0 Å². The van der Waals surface area contributed by atoms with Crippen molar-refractivity contribution in [2.45, 2.75) is 51.7 Å². The van der Waals surface area contributed by atoms with Gasteiger partial charge in [-0.05, 0) is 40.2 Å². The lowest BCUT2D eigenvalue weighted by Crippen LogP contribution is -2.98. The first-order valence-corrected chi connectivity index (χ1v) is 8.76. The van der Waals surface area contributed by atoms with E-state index in [1.165, 1.54) is 4.90 Å². The minimum atomic E-state index is -1.04. The molecule has 1 spiro atoms. The summed E-state index contributed by atoms with van der Waals surface area (Å²) < 4.78 is 0. The van der Waals surface area contributed by atoms with E-state index in [9.17, 15) is 14.4 Å². The molecule has 4 rings (SSSR count). The minimum Gasteiger partial charge on any atom is -0.326 e. The quantitative estimate of drug-likeness (QED) is 0.674. The number of rotatable bonds is 0. The number of likely N-dealkylation sites (tertiary alicyclic amines) is 1. The smallest absolute Gasteiger partial charge is 0.291 e. The van der Waals surface area contributed by atoms with Crippen LogP contribution in [0.5, 0.6) is 0 Å². The number of benzene rings is 1. The van der Waals surface area contributed by atoms with Crippen molar-refractivity contribution >= 4 is 23.4 Å². The molecule has 3 N–H and O–H groups in total. The summed E-state index contributed by atoms with van der Waals surface area (Å²) in [6.07, 6.45) is 0. The molecule has 1 aromatic carbocycles. The third-order valence-electron chi connectivity index (χ3n) is 5.94. The first-order valence-electron chi connectivity index (χ1n) is 8.76. The van der Waals surface area contributed by atoms with Gasteiger partial charge in [-0.15, -0.1) is 0 Å². The Balaban J connectivity index is 1.93. The Morgan fingerprint density at radius 1 is 1.16 bits per heavy atom. The molecule has 0 saturated carbocycles. The van der Waals surface area contributed by atoms with Gasteiger partial charge in [0.2, 0.25) is 17.4 Å². The highest BCUT2D eigenvalue weighted by atomic mass is 16.2. The zero-order valence-corrected chi connectivity index (χ0v) is 15.2. The fraction of sp³-hybridized carbons (Fsp3) is 0.526. The number of carbonyl (C=O) groups is 3. The number of hydrogen-bond donors (Lipinski definition) is 2. The lowest BCUT2D eigenvalue weighted by atomic mass is 9.76. The highest BCUT2D eigenvalue weighted by molar-refractivity contribution is 6.14. The SMILES string of the molecule is Cc1cccc2c1NC(=O)[C@@]21[NH2+][C@@H](C)[C@H]2C(=O)N(C(C)(C)C)C(=O)[C@H]21. The topological polar surface area (TPSA) is 83.1 Å². The zero-order valence-electron chi connectivity index (χ0n) is 15.2. The van der Waals surface area contributed by atoms with Crippen LogP contribution in [0.2, 0.25) is 0 Å². The molecule has 0 bridgehead atoms. The molecular formula is C19H24N3O3+. The summed E-state index contributed by atoms with van der Waals surface area (Å²) >= 11 is 0. The number of anilines is 1. The Kier molecular flexibility index (Phi) is 3.06. The molecule has 3 aliphatic rings. The van der Waals surface area contributed by atoms with Crippen LogP contribution in [-0.2, 0) is 19.9 Å². The number of carbonyl (C=O) groups excluding carboxylic acids is 3. The summed E-state index contributed by atoms with van der Waals surface area (Å²) in [5.41, 5.74) is 0.943. The molecular weight excluding hydrogens is 318 g/mol. The van der Waals surface area contributed by atoms with Gasteiger partial charge in [-0.2, -0.15) is 0 Å². The molecule has 0 radical (unpaired) electrons. The molecule has 2 fully saturated rings. The lowest BCUT2D eigenvalue weighted by Gasteiger charge is -2.33. The predicted molar refractivity (Wildman–Crippen MR) is 91.5 cm³/mol. The van der Waals surface area contributed by atoms with Crippen LogP contribution in [0.15, 0.2) is 18.2 Å². The highest BCUT2D eigenvalue weighted by Gasteiger charge is 2.74. The average molecular weight is 342 g/mol. The number of quaternary nitrogens is 1. The number of fused-ring (bicyclic) bond motifs is 4. The molecule has 3 amide bonds. The minimum absolute atomic E-state index is 0.133. The maximum absolute atomic E-state index is 13.3. The lowest BCUT2D eigenvalue weighted by molar-refractivity contribution is -0.730. The maximum atomic E-state index is 13.3. The third-order valence-corrected chi connectivity index (χ3v) is 5.94. The van der Waals surface area contributed by atoms with E-state index in [4.69, 9.17) is 0 Å². The van der Waals surface area contributed by atoms with Gasteiger partial charge in [-0.3, -0.25) is 19.3 Å². The predicted octanol–water partition coefficient (Wildman–Crippen LogP) is 0.508. The van der Waals surface area contributed by atoms with Crippen LogP contribution in [0.3, 0.4) is 0 Å². The molecule has 6 nitrogen and oxygen atoms in total. The molecule has 1 aromatic rings. The molecule has 3 heterocycles. The van der Waals surface area contributed by atoms with Gasteiger partial charge in [0.1, 0.15) is 11.8 Å². The summed E-state index contributed by atoms with van der Waals surface area (Å²) in [4.78, 5) is 40.8. The van der Waals surface area contributed by atoms with Gasteiger partial charge in [0, 0.05) is 11.1 Å². The second-order valence-electron chi connectivity index (χ2n) is 8.53. The van der Waals surface area contributed by atoms with Crippen molar-refractivity contribution in [2.75, 3.05) is 5.32 Å². The average Bonchev–Trinajstić information content (AvgIpc) is 3.05. The van der Waals surface area contributed by atoms with Gasteiger partial charge in [0.15, 0.2) is 0 Å². The Hall–Kier alpha value is -2.21. The normalized spacial score (nSPS) is 33.9. The monoisotopic (exact) mass is 342 g/mol. The first kappa shape index (κ1) is 16.3. The van der Waals surface area contributed by atoms with Crippen LogP contribution in [0.1, 0.15) is 38.8 Å². The van der Waals surface area contributed by atoms with E-state index in [2.05, 4.69) is 5.32 Å². The van der Waals surface area contributed by atoms with Crippen LogP contribution >= 0.6 is 0 Å². The Morgan fingerprint density at radius 2 is 1.84 bits per heavy atom. The van der Waals surface area contributed by atoms with Gasteiger partial charge in [0.05, 0.1) is 11.7 Å². The van der Waals surface area contributed by atoms with Gasteiger partial charge in [-0.25, -0.2) is 0 Å². The molecule has 4 atom stereocenters. The Labute approximate surface area is 147 Å². The molecule has 6 heteroatoms. The molecule has 0 unspecified atom stereocenters. The Bertz CT molecular complexity index is 826. The van der Waals surface area contributed by atoms with Gasteiger partial charge < -0.3 is 10.6 Å². The molecule has 0 aromatic heterocycles. The van der Waals surface area contributed by atoms with Crippen molar-refractivity contribution in [3.05, 3.63) is 29.3 Å². The van der Waals surface area contributed by atoms with Crippen molar-refractivity contribution in [3.63, 3.8) is 0 Å². The fourth-order valence-electron chi connectivity index (χ4n) is 4.97. The van der Waals surface area contributed by atoms with Crippen molar-refractivity contribution in [1.29, 1.82) is 0 Å². The first-order chi connectivity index (χ1) is 11.6. The molecule has 0 aliphatic carbocycles. The number of nitrogens with two attached hydrogens (primary N) is 1. The largest absolute Gasteiger partial charge is 0.326 e. The number of aryl methyl sites for hydroxylation is 1. The third kappa shape index (κ3) is 1.80. The van der Waals surface area contributed by atoms with Crippen LogP contribution in [0.25, 0.3) is 0 Å². The van der Waals surface area contributed by atoms with Crippen molar-refractivity contribution in [2.24, 2.45) is 11.8 Å². The highest BCUT2D eigenvalue weighted by Crippen LogP contribution is 2.50. The summed E-state index contributed by atoms with van der Waals surface area (Å²) in [6.45, 7) is 9.45. The summed E-state index contributed by atoms with van der Waals surface area (Å²) in [5.74, 6) is -1.70. The number of para-hydroxylation sites is 1. The zero-order chi connectivity index (χ0) is 18.3. The van der Waals surface area contributed by atoms with Crippen LogP contribution in [0.4, 0.5) is 5.69 Å². The van der Waals surface area contributed by atoms with E-state index in [0.29, 0.717) is 0 Å².